The minimum absolute atomic E-state index is 0.0659. The fraction of sp³-hybridized carbons (Fsp3) is 0.594. The van der Waals surface area contributed by atoms with Gasteiger partial charge in [-0.05, 0) is 85.3 Å². The van der Waals surface area contributed by atoms with Crippen LogP contribution in [0.5, 0.6) is 0 Å². The molecule has 3 heterocycles. The van der Waals surface area contributed by atoms with Crippen LogP contribution in [0.15, 0.2) is 48.5 Å². The smallest absolute Gasteiger partial charge is 0.320 e. The molecule has 39 heavy (non-hydrogen) atoms. The molecule has 2 aromatic rings. The van der Waals surface area contributed by atoms with E-state index in [0.717, 1.165) is 88.9 Å². The Morgan fingerprint density at radius 3 is 2.49 bits per heavy atom. The molecule has 7 heteroatoms. The standard InChI is InChI=1S/C32H40F2N2O3/c33-27-8-6-22(7-9-27)14-24-17-32(39-21-24)10-12-35(13-11-32)18-26-19-36(30(31(37)38)15-23-4-5-23)20-29(26)25-2-1-3-28(34)16-25/h1-3,6-9,16,23-24,26,29-30H,4-5,10-15,17-21H2,(H,37,38)/t24?,26-,29+,30-/m0/s1. The Bertz CT molecular complexity index is 1150. The maximum Gasteiger partial charge on any atom is 0.320 e. The summed E-state index contributed by atoms with van der Waals surface area (Å²) < 4.78 is 33.9. The lowest BCUT2D eigenvalue weighted by Crippen LogP contribution is -2.46. The van der Waals surface area contributed by atoms with Crippen molar-refractivity contribution < 1.29 is 23.4 Å². The molecule has 0 bridgehead atoms. The van der Waals surface area contributed by atoms with Crippen molar-refractivity contribution in [2.45, 2.75) is 62.5 Å². The molecule has 4 aliphatic rings. The third-order valence-electron chi connectivity index (χ3n) is 9.71. The van der Waals surface area contributed by atoms with Gasteiger partial charge in [0.2, 0.25) is 0 Å². The Kier molecular flexibility index (Phi) is 7.75. The molecule has 3 aliphatic heterocycles. The van der Waals surface area contributed by atoms with E-state index in [-0.39, 0.29) is 29.1 Å². The predicted molar refractivity (Wildman–Crippen MR) is 146 cm³/mol. The third kappa shape index (κ3) is 6.36. The molecule has 6 rings (SSSR count). The van der Waals surface area contributed by atoms with Crippen molar-refractivity contribution in [3.63, 3.8) is 0 Å². The fourth-order valence-electron chi connectivity index (χ4n) is 7.38. The van der Waals surface area contributed by atoms with E-state index in [1.165, 1.54) is 18.2 Å². The molecule has 0 aromatic heterocycles. The molecule has 1 saturated carbocycles. The van der Waals surface area contributed by atoms with E-state index in [2.05, 4.69) is 9.80 Å². The second-order valence-corrected chi connectivity index (χ2v) is 12.6. The van der Waals surface area contributed by atoms with Gasteiger partial charge in [0.25, 0.3) is 0 Å². The van der Waals surface area contributed by atoms with Gasteiger partial charge in [-0.3, -0.25) is 9.69 Å². The van der Waals surface area contributed by atoms with E-state index in [4.69, 9.17) is 4.74 Å². The first-order valence-corrected chi connectivity index (χ1v) is 14.7. The second-order valence-electron chi connectivity index (χ2n) is 12.6. The number of hydrogen-bond donors (Lipinski definition) is 1. The first-order valence-electron chi connectivity index (χ1n) is 14.7. The fourth-order valence-corrected chi connectivity index (χ4v) is 7.38. The van der Waals surface area contributed by atoms with Crippen molar-refractivity contribution in [1.29, 1.82) is 0 Å². The second kappa shape index (κ2) is 11.3. The number of nitrogens with zero attached hydrogens (tertiary/aromatic N) is 2. The zero-order chi connectivity index (χ0) is 27.0. The lowest BCUT2D eigenvalue weighted by atomic mass is 9.82. The summed E-state index contributed by atoms with van der Waals surface area (Å²) in [4.78, 5) is 16.9. The number of ether oxygens (including phenoxy) is 1. The van der Waals surface area contributed by atoms with Gasteiger partial charge < -0.3 is 14.7 Å². The summed E-state index contributed by atoms with van der Waals surface area (Å²) in [5.74, 6) is 0.228. The van der Waals surface area contributed by atoms with Crippen LogP contribution < -0.4 is 0 Å². The van der Waals surface area contributed by atoms with Crippen molar-refractivity contribution in [3.8, 4) is 0 Å². The van der Waals surface area contributed by atoms with Gasteiger partial charge >= 0.3 is 5.97 Å². The van der Waals surface area contributed by atoms with Crippen molar-refractivity contribution >= 4 is 5.97 Å². The number of hydrogen-bond acceptors (Lipinski definition) is 4. The van der Waals surface area contributed by atoms with E-state index >= 15 is 0 Å². The zero-order valence-electron chi connectivity index (χ0n) is 22.6. The lowest BCUT2D eigenvalue weighted by Gasteiger charge is -2.40. The maximum atomic E-state index is 14.2. The zero-order valence-corrected chi connectivity index (χ0v) is 22.6. The van der Waals surface area contributed by atoms with Crippen molar-refractivity contribution in [3.05, 3.63) is 71.3 Å². The Morgan fingerprint density at radius 2 is 1.79 bits per heavy atom. The number of likely N-dealkylation sites (tertiary alicyclic amines) is 2. The summed E-state index contributed by atoms with van der Waals surface area (Å²) in [6.07, 6.45) is 6.95. The molecule has 2 aromatic carbocycles. The highest BCUT2D eigenvalue weighted by molar-refractivity contribution is 5.73. The Morgan fingerprint density at radius 1 is 1.03 bits per heavy atom. The molecular weight excluding hydrogens is 498 g/mol. The van der Waals surface area contributed by atoms with Crippen LogP contribution in [-0.2, 0) is 16.0 Å². The van der Waals surface area contributed by atoms with Gasteiger partial charge in [-0.25, -0.2) is 8.78 Å². The Labute approximate surface area is 230 Å². The summed E-state index contributed by atoms with van der Waals surface area (Å²) in [5.41, 5.74) is 2.08. The monoisotopic (exact) mass is 538 g/mol. The third-order valence-corrected chi connectivity index (χ3v) is 9.71. The topological polar surface area (TPSA) is 53.0 Å². The first-order chi connectivity index (χ1) is 18.9. The van der Waals surface area contributed by atoms with E-state index in [0.29, 0.717) is 18.4 Å². The minimum Gasteiger partial charge on any atom is -0.480 e. The quantitative estimate of drug-likeness (QED) is 0.467. The van der Waals surface area contributed by atoms with Crippen LogP contribution in [0.2, 0.25) is 0 Å². The van der Waals surface area contributed by atoms with Crippen LogP contribution >= 0.6 is 0 Å². The number of halogens is 2. The molecule has 0 radical (unpaired) electrons. The van der Waals surface area contributed by atoms with Crippen molar-refractivity contribution in [1.82, 2.24) is 9.80 Å². The predicted octanol–water partition coefficient (Wildman–Crippen LogP) is 5.35. The lowest BCUT2D eigenvalue weighted by molar-refractivity contribution is -0.143. The number of piperidine rings is 1. The molecule has 1 unspecified atom stereocenters. The highest BCUT2D eigenvalue weighted by Gasteiger charge is 2.45. The van der Waals surface area contributed by atoms with E-state index in [9.17, 15) is 18.7 Å². The van der Waals surface area contributed by atoms with Crippen molar-refractivity contribution in [2.24, 2.45) is 17.8 Å². The van der Waals surface area contributed by atoms with Crippen LogP contribution in [0, 0.1) is 29.4 Å². The number of aliphatic carboxylic acids is 1. The van der Waals surface area contributed by atoms with Gasteiger partial charge in [0.1, 0.15) is 17.7 Å². The highest BCUT2D eigenvalue weighted by atomic mass is 19.1. The molecular formula is C32H40F2N2O3. The van der Waals surface area contributed by atoms with Gasteiger partial charge in [0, 0.05) is 38.6 Å². The van der Waals surface area contributed by atoms with Gasteiger partial charge in [-0.15, -0.1) is 0 Å². The maximum absolute atomic E-state index is 14.2. The van der Waals surface area contributed by atoms with Crippen LogP contribution in [0.1, 0.15) is 55.6 Å². The molecule has 5 nitrogen and oxygen atoms in total. The summed E-state index contributed by atoms with van der Waals surface area (Å²) in [6, 6.07) is 13.3. The molecule has 4 fully saturated rings. The van der Waals surface area contributed by atoms with Crippen LogP contribution in [-0.4, -0.2) is 71.8 Å². The average Bonchev–Trinajstić information content (AvgIpc) is 3.53. The molecule has 0 amide bonds. The Balaban J connectivity index is 1.08. The normalized spacial score (nSPS) is 28.2. The number of benzene rings is 2. The molecule has 1 N–H and O–H groups in total. The molecule has 1 aliphatic carbocycles. The van der Waals surface area contributed by atoms with Crippen LogP contribution in [0.25, 0.3) is 0 Å². The molecule has 3 saturated heterocycles. The number of carbonyl (C=O) groups is 1. The molecule has 4 atom stereocenters. The summed E-state index contributed by atoms with van der Waals surface area (Å²) >= 11 is 0. The van der Waals surface area contributed by atoms with Gasteiger partial charge in [0.15, 0.2) is 0 Å². The molecule has 210 valence electrons. The largest absolute Gasteiger partial charge is 0.480 e. The van der Waals surface area contributed by atoms with Gasteiger partial charge in [-0.2, -0.15) is 0 Å². The SMILES string of the molecule is O=C(O)[C@H](CC1CC1)N1C[C@H](CN2CCC3(CC2)CC(Cc2ccc(F)cc2)CO3)[C@@H](c2cccc(F)c2)C1. The van der Waals surface area contributed by atoms with Gasteiger partial charge in [0.05, 0.1) is 12.2 Å². The van der Waals surface area contributed by atoms with Crippen LogP contribution in [0.3, 0.4) is 0 Å². The van der Waals surface area contributed by atoms with E-state index < -0.39 is 12.0 Å². The van der Waals surface area contributed by atoms with E-state index in [1.807, 2.05) is 18.2 Å². The summed E-state index contributed by atoms with van der Waals surface area (Å²) in [6.45, 7) is 4.98. The van der Waals surface area contributed by atoms with Crippen molar-refractivity contribution in [2.75, 3.05) is 39.3 Å². The average molecular weight is 539 g/mol. The van der Waals surface area contributed by atoms with Gasteiger partial charge in [-0.1, -0.05) is 37.1 Å². The number of rotatable bonds is 9. The van der Waals surface area contributed by atoms with Crippen LogP contribution in [0.4, 0.5) is 8.78 Å². The Hall–Kier alpha value is -2.35. The highest BCUT2D eigenvalue weighted by Crippen LogP contribution is 2.42. The number of carboxylic acid groups (broad SMARTS) is 1. The first kappa shape index (κ1) is 26.9. The van der Waals surface area contributed by atoms with E-state index in [1.54, 1.807) is 12.1 Å². The number of carboxylic acids is 1. The molecule has 1 spiro atoms. The summed E-state index contributed by atoms with van der Waals surface area (Å²) in [7, 11) is 0. The minimum atomic E-state index is -0.728. The summed E-state index contributed by atoms with van der Waals surface area (Å²) in [5, 5.41) is 10.0.